The first-order valence-corrected chi connectivity index (χ1v) is 11.2. The predicted octanol–water partition coefficient (Wildman–Crippen LogP) is 4.05. The summed E-state index contributed by atoms with van der Waals surface area (Å²) in [5, 5.41) is 9.12. The lowest BCUT2D eigenvalue weighted by atomic mass is 9.74. The molecular weight excluding hydrogens is 268 g/mol. The number of hydrogen-bond donors (Lipinski definition) is 1. The minimum absolute atomic E-state index is 0.185. The number of carbonyl (C=O) groups excluding carboxylic acids is 1. The largest absolute Gasteiger partial charge is 0.481 e. The fraction of sp³-hybridized carbons (Fsp3) is 0.750. The highest BCUT2D eigenvalue weighted by molar-refractivity contribution is 6.81. The number of rotatable bonds is 6. The summed E-state index contributed by atoms with van der Waals surface area (Å²) < 4.78 is 0. The van der Waals surface area contributed by atoms with Crippen molar-refractivity contribution in [2.75, 3.05) is 0 Å². The molecule has 0 heterocycles. The number of allylic oxidation sites excluding steroid dienone is 1. The van der Waals surface area contributed by atoms with Crippen molar-refractivity contribution in [3.05, 3.63) is 11.3 Å². The van der Waals surface area contributed by atoms with Crippen molar-refractivity contribution >= 4 is 19.8 Å². The molecule has 1 fully saturated rings. The van der Waals surface area contributed by atoms with E-state index in [1.807, 2.05) is 0 Å². The second kappa shape index (κ2) is 7.20. The average molecular weight is 296 g/mol. The smallest absolute Gasteiger partial charge is 0.303 e. The number of hydrogen-bond acceptors (Lipinski definition) is 2. The van der Waals surface area contributed by atoms with E-state index in [1.54, 1.807) is 6.92 Å². The molecule has 0 aromatic carbocycles. The predicted molar refractivity (Wildman–Crippen MR) is 84.4 cm³/mol. The third-order valence-corrected chi connectivity index (χ3v) is 5.11. The molecule has 0 saturated heterocycles. The highest BCUT2D eigenvalue weighted by atomic mass is 28.3. The molecule has 1 rings (SSSR count). The summed E-state index contributed by atoms with van der Waals surface area (Å²) in [4.78, 5) is 22.3. The van der Waals surface area contributed by atoms with Crippen LogP contribution in [0.25, 0.3) is 0 Å². The van der Waals surface area contributed by atoms with Crippen LogP contribution in [0.5, 0.6) is 0 Å². The third kappa shape index (κ3) is 6.03. The van der Waals surface area contributed by atoms with E-state index in [-0.39, 0.29) is 18.1 Å². The van der Waals surface area contributed by atoms with Crippen molar-refractivity contribution in [3.63, 3.8) is 0 Å². The van der Waals surface area contributed by atoms with Crippen molar-refractivity contribution in [2.45, 2.75) is 65.1 Å². The van der Waals surface area contributed by atoms with Crippen LogP contribution < -0.4 is 0 Å². The molecule has 0 spiro atoms. The van der Waals surface area contributed by atoms with E-state index in [0.717, 1.165) is 25.7 Å². The Morgan fingerprint density at radius 3 is 2.35 bits per heavy atom. The Hall–Kier alpha value is -0.903. The van der Waals surface area contributed by atoms with E-state index in [2.05, 4.69) is 25.3 Å². The Kier molecular flexibility index (Phi) is 6.18. The number of carboxylic acids is 1. The quantitative estimate of drug-likeness (QED) is 0.752. The molecule has 0 radical (unpaired) electrons. The molecule has 3 nitrogen and oxygen atoms in total. The SMILES string of the molecule is CC(=O)CCC1CCCC(CC(=O)O)/C1=C/[Si](C)(C)C. The molecule has 0 aromatic rings. The first-order chi connectivity index (χ1) is 9.19. The van der Waals surface area contributed by atoms with Crippen LogP contribution in [0.3, 0.4) is 0 Å². The van der Waals surface area contributed by atoms with Gasteiger partial charge in [0, 0.05) is 6.42 Å². The number of carbonyl (C=O) groups is 2. The van der Waals surface area contributed by atoms with Crippen molar-refractivity contribution in [1.82, 2.24) is 0 Å². The summed E-state index contributed by atoms with van der Waals surface area (Å²) >= 11 is 0. The van der Waals surface area contributed by atoms with Gasteiger partial charge < -0.3 is 9.90 Å². The van der Waals surface area contributed by atoms with Gasteiger partial charge in [-0.25, -0.2) is 0 Å². The molecule has 0 aromatic heterocycles. The van der Waals surface area contributed by atoms with Crippen molar-refractivity contribution in [1.29, 1.82) is 0 Å². The van der Waals surface area contributed by atoms with Gasteiger partial charge in [0.1, 0.15) is 5.78 Å². The molecule has 1 aliphatic carbocycles. The number of carboxylic acid groups (broad SMARTS) is 1. The van der Waals surface area contributed by atoms with Gasteiger partial charge in [-0.1, -0.05) is 37.3 Å². The summed E-state index contributed by atoms with van der Waals surface area (Å²) in [5.41, 5.74) is 3.74. The summed E-state index contributed by atoms with van der Waals surface area (Å²) in [5.74, 6) is 0.134. The van der Waals surface area contributed by atoms with Gasteiger partial charge in [0.2, 0.25) is 0 Å². The summed E-state index contributed by atoms with van der Waals surface area (Å²) in [6.07, 6.45) is 4.94. The first kappa shape index (κ1) is 17.1. The average Bonchev–Trinajstić information content (AvgIpc) is 2.27. The van der Waals surface area contributed by atoms with Gasteiger partial charge in [-0.2, -0.15) is 0 Å². The van der Waals surface area contributed by atoms with Crippen LogP contribution in [0, 0.1) is 11.8 Å². The summed E-state index contributed by atoms with van der Waals surface area (Å²) in [6.45, 7) is 8.50. The van der Waals surface area contributed by atoms with E-state index < -0.39 is 14.0 Å². The van der Waals surface area contributed by atoms with Crippen molar-refractivity contribution < 1.29 is 14.7 Å². The molecule has 0 aliphatic heterocycles. The van der Waals surface area contributed by atoms with Crippen LogP contribution in [0.2, 0.25) is 19.6 Å². The van der Waals surface area contributed by atoms with E-state index in [9.17, 15) is 9.59 Å². The van der Waals surface area contributed by atoms with Crippen LogP contribution in [-0.2, 0) is 9.59 Å². The van der Waals surface area contributed by atoms with E-state index in [4.69, 9.17) is 5.11 Å². The Morgan fingerprint density at radius 2 is 1.85 bits per heavy atom. The van der Waals surface area contributed by atoms with Crippen molar-refractivity contribution in [2.24, 2.45) is 11.8 Å². The van der Waals surface area contributed by atoms with Gasteiger partial charge in [0.15, 0.2) is 0 Å². The third-order valence-electron chi connectivity index (χ3n) is 3.91. The van der Waals surface area contributed by atoms with Crippen LogP contribution in [-0.4, -0.2) is 24.9 Å². The summed E-state index contributed by atoms with van der Waals surface area (Å²) in [7, 11) is -1.38. The fourth-order valence-electron chi connectivity index (χ4n) is 3.13. The zero-order valence-electron chi connectivity index (χ0n) is 13.2. The Labute approximate surface area is 123 Å². The Bertz CT molecular complexity index is 393. The zero-order chi connectivity index (χ0) is 15.3. The topological polar surface area (TPSA) is 54.4 Å². The normalized spacial score (nSPS) is 25.7. The molecule has 2 unspecified atom stereocenters. The van der Waals surface area contributed by atoms with Crippen LogP contribution >= 0.6 is 0 Å². The van der Waals surface area contributed by atoms with Crippen LogP contribution in [0.4, 0.5) is 0 Å². The molecule has 1 saturated carbocycles. The lowest BCUT2D eigenvalue weighted by Crippen LogP contribution is -2.27. The van der Waals surface area contributed by atoms with Gasteiger partial charge in [0.05, 0.1) is 14.5 Å². The number of aliphatic carboxylic acids is 1. The maximum atomic E-state index is 11.2. The summed E-state index contributed by atoms with van der Waals surface area (Å²) in [6, 6.07) is 0. The van der Waals surface area contributed by atoms with E-state index in [1.165, 1.54) is 5.57 Å². The Morgan fingerprint density at radius 1 is 1.25 bits per heavy atom. The molecule has 2 atom stereocenters. The molecule has 20 heavy (non-hydrogen) atoms. The molecular formula is C16H28O3Si. The van der Waals surface area contributed by atoms with Gasteiger partial charge in [-0.3, -0.25) is 4.79 Å². The van der Waals surface area contributed by atoms with Crippen molar-refractivity contribution in [3.8, 4) is 0 Å². The Balaban J connectivity index is 2.93. The molecule has 114 valence electrons. The maximum absolute atomic E-state index is 11.2. The lowest BCUT2D eigenvalue weighted by Gasteiger charge is -2.34. The highest BCUT2D eigenvalue weighted by Crippen LogP contribution is 2.39. The van der Waals surface area contributed by atoms with Gasteiger partial charge in [-0.05, 0) is 38.0 Å². The minimum Gasteiger partial charge on any atom is -0.481 e. The molecule has 4 heteroatoms. The minimum atomic E-state index is -1.38. The standard InChI is InChI=1S/C16H28O3Si/c1-12(17)8-9-13-6-5-7-14(10-16(18)19)15(13)11-20(2,3)4/h11,13-14H,5-10H2,1-4H3,(H,18,19)/b15-11+. The highest BCUT2D eigenvalue weighted by Gasteiger charge is 2.30. The molecule has 1 N–H and O–H groups in total. The molecule has 0 bridgehead atoms. The van der Waals surface area contributed by atoms with Crippen LogP contribution in [0.1, 0.15) is 45.4 Å². The first-order valence-electron chi connectivity index (χ1n) is 7.63. The van der Waals surface area contributed by atoms with E-state index >= 15 is 0 Å². The van der Waals surface area contributed by atoms with Gasteiger partial charge in [0.25, 0.3) is 0 Å². The van der Waals surface area contributed by atoms with Crippen LogP contribution in [0.15, 0.2) is 11.3 Å². The number of Topliss-reactive ketones (excluding diaryl/α,β-unsaturated/α-hetero) is 1. The zero-order valence-corrected chi connectivity index (χ0v) is 14.2. The lowest BCUT2D eigenvalue weighted by molar-refractivity contribution is -0.138. The molecule has 0 amide bonds. The monoisotopic (exact) mass is 296 g/mol. The fourth-order valence-corrected chi connectivity index (χ4v) is 4.60. The second-order valence-electron chi connectivity index (χ2n) is 7.17. The van der Waals surface area contributed by atoms with Gasteiger partial charge in [-0.15, -0.1) is 0 Å². The number of ketones is 1. The van der Waals surface area contributed by atoms with E-state index in [0.29, 0.717) is 12.3 Å². The maximum Gasteiger partial charge on any atom is 0.303 e. The van der Waals surface area contributed by atoms with Gasteiger partial charge >= 0.3 is 5.97 Å². The second-order valence-corrected chi connectivity index (χ2v) is 12.2. The molecule has 1 aliphatic rings.